The van der Waals surface area contributed by atoms with Crippen LogP contribution in [0.4, 0.5) is 8.22 Å². The van der Waals surface area contributed by atoms with Crippen LogP contribution in [-0.4, -0.2) is 16.8 Å². The first-order valence-electron chi connectivity index (χ1n) is 9.83. The lowest BCUT2D eigenvalue weighted by atomic mass is 10.2. The highest BCUT2D eigenvalue weighted by Gasteiger charge is 2.32. The van der Waals surface area contributed by atoms with E-state index in [4.69, 9.17) is 0 Å². The maximum atomic E-state index is 14.8. The molecular weight excluding hydrogens is 310 g/mol. The number of halogens is 2. The lowest BCUT2D eigenvalue weighted by molar-refractivity contribution is 0.634. The Morgan fingerprint density at radius 1 is 0.455 bits per heavy atom. The fourth-order valence-corrected chi connectivity index (χ4v) is 10.6. The predicted molar refractivity (Wildman–Crippen MR) is 102 cm³/mol. The van der Waals surface area contributed by atoms with Crippen LogP contribution in [0.5, 0.6) is 0 Å². The van der Waals surface area contributed by atoms with Crippen molar-refractivity contribution in [1.82, 2.24) is 0 Å². The van der Waals surface area contributed by atoms with Gasteiger partial charge in [0.1, 0.15) is 0 Å². The molecule has 0 unspecified atom stereocenters. The molecule has 0 saturated carbocycles. The molecule has 0 radical (unpaired) electrons. The zero-order valence-electron chi connectivity index (χ0n) is 15.7. The quantitative estimate of drug-likeness (QED) is 0.159. The fraction of sp³-hybridized carbons (Fsp3) is 1.00. The van der Waals surface area contributed by atoms with E-state index in [2.05, 4.69) is 27.7 Å². The van der Waals surface area contributed by atoms with Gasteiger partial charge >= 0.3 is 0 Å². The third-order valence-electron chi connectivity index (χ3n) is 4.79. The summed E-state index contributed by atoms with van der Waals surface area (Å²) in [6.45, 7) is 8.40. The van der Waals surface area contributed by atoms with Crippen molar-refractivity contribution in [3.05, 3.63) is 0 Å². The lowest BCUT2D eigenvalue weighted by Gasteiger charge is -2.22. The molecule has 0 bridgehead atoms. The Morgan fingerprint density at radius 2 is 0.727 bits per heavy atom. The maximum Gasteiger partial charge on any atom is 0.247 e. The van der Waals surface area contributed by atoms with E-state index in [0.717, 1.165) is 87.6 Å². The Bertz CT molecular complexity index is 221. The average molecular weight is 351 g/mol. The van der Waals surface area contributed by atoms with Gasteiger partial charge in [-0.2, -0.15) is 0 Å². The summed E-state index contributed by atoms with van der Waals surface area (Å²) in [6.07, 6.45) is 8.25. The van der Waals surface area contributed by atoms with Crippen LogP contribution in [0.2, 0.25) is 36.3 Å². The molecule has 0 N–H and O–H groups in total. The summed E-state index contributed by atoms with van der Waals surface area (Å²) in [4.78, 5) is 0. The van der Waals surface area contributed by atoms with Crippen molar-refractivity contribution in [3.8, 4) is 0 Å². The van der Waals surface area contributed by atoms with Gasteiger partial charge in [-0.05, 0) is 36.3 Å². The second kappa shape index (κ2) is 12.7. The monoisotopic (exact) mass is 350 g/mol. The highest BCUT2D eigenvalue weighted by atomic mass is 28.4. The Hall–Kier alpha value is 0.294. The largest absolute Gasteiger partial charge is 0.314 e. The molecule has 0 fully saturated rings. The number of hydrogen-bond acceptors (Lipinski definition) is 0. The molecule has 0 aromatic heterocycles. The van der Waals surface area contributed by atoms with Crippen LogP contribution in [0.1, 0.15) is 79.1 Å². The molecule has 0 saturated heterocycles. The molecule has 0 nitrogen and oxygen atoms in total. The van der Waals surface area contributed by atoms with Crippen LogP contribution in [-0.2, 0) is 0 Å². The van der Waals surface area contributed by atoms with Crippen molar-refractivity contribution >= 4 is 16.8 Å². The second-order valence-electron chi connectivity index (χ2n) is 7.22. The first kappa shape index (κ1) is 22.3. The number of hydrogen-bond donors (Lipinski definition) is 0. The summed E-state index contributed by atoms with van der Waals surface area (Å²) in [5.41, 5.74) is 0. The zero-order valence-corrected chi connectivity index (χ0v) is 17.7. The van der Waals surface area contributed by atoms with E-state index in [1.165, 1.54) is 0 Å². The minimum Gasteiger partial charge on any atom is -0.314 e. The Labute approximate surface area is 140 Å². The molecule has 0 aliphatic carbocycles. The molecule has 0 aromatic rings. The molecule has 0 aromatic carbocycles. The van der Waals surface area contributed by atoms with E-state index in [9.17, 15) is 8.22 Å². The van der Waals surface area contributed by atoms with Crippen molar-refractivity contribution in [3.63, 3.8) is 0 Å². The Balaban J connectivity index is 3.91. The van der Waals surface area contributed by atoms with Crippen molar-refractivity contribution in [2.24, 2.45) is 0 Å². The zero-order chi connectivity index (χ0) is 16.9. The Morgan fingerprint density at radius 3 is 0.955 bits per heavy atom. The average Bonchev–Trinajstić information content (AvgIpc) is 2.44. The standard InChI is InChI=1S/C18H40F2Si2/c1-5-13-21(19,14-6-2)17-11-9-10-12-18-22(20,15-7-3)16-8-4/h5-18H2,1-4H3. The van der Waals surface area contributed by atoms with Gasteiger partial charge in [-0.3, -0.25) is 0 Å². The molecule has 4 heteroatoms. The molecule has 0 aliphatic heterocycles. The van der Waals surface area contributed by atoms with E-state index in [1.807, 2.05) is 0 Å². The van der Waals surface area contributed by atoms with Crippen LogP contribution >= 0.6 is 0 Å². The van der Waals surface area contributed by atoms with Gasteiger partial charge in [0, 0.05) is 0 Å². The minimum atomic E-state index is -2.44. The fourth-order valence-electron chi connectivity index (χ4n) is 3.78. The lowest BCUT2D eigenvalue weighted by Crippen LogP contribution is -2.28. The molecule has 0 heterocycles. The molecule has 0 rings (SSSR count). The summed E-state index contributed by atoms with van der Waals surface area (Å²) >= 11 is 0. The summed E-state index contributed by atoms with van der Waals surface area (Å²) < 4.78 is 29.6. The van der Waals surface area contributed by atoms with E-state index < -0.39 is 16.8 Å². The molecule has 0 aliphatic rings. The van der Waals surface area contributed by atoms with Crippen LogP contribution < -0.4 is 0 Å². The predicted octanol–water partition coefficient (Wildman–Crippen LogP) is 8.02. The molecule has 134 valence electrons. The van der Waals surface area contributed by atoms with Crippen molar-refractivity contribution in [2.75, 3.05) is 0 Å². The summed E-state index contributed by atoms with van der Waals surface area (Å²) in [5, 5.41) is 0. The first-order chi connectivity index (χ1) is 10.4. The van der Waals surface area contributed by atoms with Crippen molar-refractivity contribution in [1.29, 1.82) is 0 Å². The van der Waals surface area contributed by atoms with Crippen LogP contribution in [0.3, 0.4) is 0 Å². The molecule has 0 amide bonds. The van der Waals surface area contributed by atoms with Gasteiger partial charge in [-0.25, -0.2) is 0 Å². The van der Waals surface area contributed by atoms with Crippen molar-refractivity contribution < 1.29 is 8.22 Å². The van der Waals surface area contributed by atoms with Gasteiger partial charge in [0.05, 0.1) is 0 Å². The highest BCUT2D eigenvalue weighted by molar-refractivity contribution is 6.73. The van der Waals surface area contributed by atoms with E-state index in [-0.39, 0.29) is 0 Å². The smallest absolute Gasteiger partial charge is 0.247 e. The molecule has 0 spiro atoms. The van der Waals surface area contributed by atoms with Crippen molar-refractivity contribution in [2.45, 2.75) is 115 Å². The normalized spacial score (nSPS) is 12.8. The van der Waals surface area contributed by atoms with Crippen LogP contribution in [0, 0.1) is 0 Å². The summed E-state index contributed by atoms with van der Waals surface area (Å²) in [6, 6.07) is 5.05. The topological polar surface area (TPSA) is 0 Å². The van der Waals surface area contributed by atoms with Crippen LogP contribution in [0.15, 0.2) is 0 Å². The van der Waals surface area contributed by atoms with Gasteiger partial charge < -0.3 is 8.22 Å². The molecule has 22 heavy (non-hydrogen) atoms. The van der Waals surface area contributed by atoms with E-state index in [0.29, 0.717) is 0 Å². The highest BCUT2D eigenvalue weighted by Crippen LogP contribution is 2.30. The Kier molecular flexibility index (Phi) is 12.9. The third kappa shape index (κ3) is 10.1. The summed E-state index contributed by atoms with van der Waals surface area (Å²) in [7, 11) is -4.87. The summed E-state index contributed by atoms with van der Waals surface area (Å²) in [5.74, 6) is 0. The number of rotatable bonds is 15. The van der Waals surface area contributed by atoms with Gasteiger partial charge in [0.25, 0.3) is 0 Å². The molecule has 0 atom stereocenters. The van der Waals surface area contributed by atoms with Gasteiger partial charge in [0.15, 0.2) is 0 Å². The van der Waals surface area contributed by atoms with Gasteiger partial charge in [-0.15, -0.1) is 0 Å². The second-order valence-corrected chi connectivity index (χ2v) is 14.8. The van der Waals surface area contributed by atoms with Gasteiger partial charge in [0.2, 0.25) is 16.8 Å². The number of unbranched alkanes of at least 4 members (excludes halogenated alkanes) is 3. The molecular formula is C18H40F2Si2. The van der Waals surface area contributed by atoms with E-state index >= 15 is 0 Å². The first-order valence-corrected chi connectivity index (χ1v) is 14.8. The van der Waals surface area contributed by atoms with Gasteiger partial charge in [-0.1, -0.05) is 79.1 Å². The SMILES string of the molecule is CCC[Si](F)(CCC)CCCCCC[Si](F)(CCC)CCC. The minimum absolute atomic E-state index is 0.842. The third-order valence-corrected chi connectivity index (χ3v) is 12.9. The van der Waals surface area contributed by atoms with E-state index in [1.54, 1.807) is 0 Å². The maximum absolute atomic E-state index is 14.8. The van der Waals surface area contributed by atoms with Crippen LogP contribution in [0.25, 0.3) is 0 Å².